The normalized spacial score (nSPS) is 10.8. The molecule has 0 unspecified atom stereocenters. The molecule has 0 bridgehead atoms. The van der Waals surface area contributed by atoms with E-state index in [1.807, 2.05) is 6.20 Å². The fraction of sp³-hybridized carbons (Fsp3) is 0.300. The summed E-state index contributed by atoms with van der Waals surface area (Å²) in [6.07, 6.45) is 3.07. The number of rotatable bonds is 1. The summed E-state index contributed by atoms with van der Waals surface area (Å²) in [5.74, 6) is 0. The van der Waals surface area contributed by atoms with Gasteiger partial charge in [0, 0.05) is 6.20 Å². The van der Waals surface area contributed by atoms with Crippen molar-refractivity contribution >= 4 is 21.6 Å². The molecule has 0 atom stereocenters. The molecule has 0 saturated heterocycles. The number of thiophene rings is 1. The van der Waals surface area contributed by atoms with Gasteiger partial charge >= 0.3 is 0 Å². The molecule has 1 nitrogen and oxygen atoms in total. The summed E-state index contributed by atoms with van der Waals surface area (Å²) in [7, 11) is 0. The summed E-state index contributed by atoms with van der Waals surface area (Å²) in [6, 6.07) is 2.08. The Kier molecular flexibility index (Phi) is 1.85. The Morgan fingerprint density at radius 1 is 1.50 bits per heavy atom. The van der Waals surface area contributed by atoms with Crippen molar-refractivity contribution < 1.29 is 0 Å². The van der Waals surface area contributed by atoms with Crippen LogP contribution in [0.5, 0.6) is 0 Å². The van der Waals surface area contributed by atoms with Gasteiger partial charge in [-0.05, 0) is 35.9 Å². The second-order valence-electron chi connectivity index (χ2n) is 2.91. The molecule has 0 radical (unpaired) electrons. The standard InChI is InChI=1S/C10H11NS/c1-3-8-7(2)6-11-9-4-5-12-10(8)9/h4-6H,3H2,1-2H3. The minimum absolute atomic E-state index is 1.10. The van der Waals surface area contributed by atoms with Crippen LogP contribution in [-0.2, 0) is 6.42 Å². The molecule has 62 valence electrons. The number of pyridine rings is 1. The van der Waals surface area contributed by atoms with Crippen LogP contribution in [0.2, 0.25) is 0 Å². The maximum atomic E-state index is 4.36. The van der Waals surface area contributed by atoms with Crippen molar-refractivity contribution in [1.29, 1.82) is 0 Å². The van der Waals surface area contributed by atoms with E-state index in [-0.39, 0.29) is 0 Å². The Balaban J connectivity index is 2.83. The number of hydrogen-bond donors (Lipinski definition) is 0. The Bertz CT molecular complexity index is 403. The molecular formula is C10H11NS. The fourth-order valence-electron chi connectivity index (χ4n) is 1.49. The molecule has 0 fully saturated rings. The molecule has 0 aromatic carbocycles. The average Bonchev–Trinajstić information content (AvgIpc) is 2.52. The van der Waals surface area contributed by atoms with Gasteiger partial charge in [-0.2, -0.15) is 0 Å². The Labute approximate surface area is 76.1 Å². The van der Waals surface area contributed by atoms with Crippen LogP contribution in [0, 0.1) is 6.92 Å². The number of aryl methyl sites for hydroxylation is 2. The van der Waals surface area contributed by atoms with E-state index in [0.717, 1.165) is 11.9 Å². The number of hydrogen-bond acceptors (Lipinski definition) is 2. The third-order valence-electron chi connectivity index (χ3n) is 2.15. The Hall–Kier alpha value is -0.890. The van der Waals surface area contributed by atoms with Gasteiger partial charge in [0.2, 0.25) is 0 Å². The highest BCUT2D eigenvalue weighted by atomic mass is 32.1. The van der Waals surface area contributed by atoms with E-state index in [9.17, 15) is 0 Å². The molecule has 12 heavy (non-hydrogen) atoms. The molecule has 0 aliphatic rings. The van der Waals surface area contributed by atoms with Crippen LogP contribution in [-0.4, -0.2) is 4.98 Å². The van der Waals surface area contributed by atoms with Gasteiger partial charge in [-0.1, -0.05) is 6.92 Å². The zero-order valence-electron chi connectivity index (χ0n) is 7.29. The lowest BCUT2D eigenvalue weighted by Crippen LogP contribution is -1.87. The van der Waals surface area contributed by atoms with Crippen LogP contribution in [0.3, 0.4) is 0 Å². The lowest BCUT2D eigenvalue weighted by molar-refractivity contribution is 1.12. The number of nitrogens with zero attached hydrogens (tertiary/aromatic N) is 1. The molecular weight excluding hydrogens is 166 g/mol. The fourth-order valence-corrected chi connectivity index (χ4v) is 2.51. The third kappa shape index (κ3) is 1.03. The van der Waals surface area contributed by atoms with E-state index in [4.69, 9.17) is 0 Å². The van der Waals surface area contributed by atoms with Gasteiger partial charge in [-0.15, -0.1) is 11.3 Å². The minimum Gasteiger partial charge on any atom is -0.255 e. The summed E-state index contributed by atoms with van der Waals surface area (Å²) in [6.45, 7) is 4.33. The highest BCUT2D eigenvalue weighted by Crippen LogP contribution is 2.25. The Morgan fingerprint density at radius 3 is 3.08 bits per heavy atom. The Morgan fingerprint density at radius 2 is 2.33 bits per heavy atom. The highest BCUT2D eigenvalue weighted by molar-refractivity contribution is 7.17. The molecule has 2 aromatic rings. The smallest absolute Gasteiger partial charge is 0.0812 e. The number of aromatic nitrogens is 1. The average molecular weight is 177 g/mol. The maximum Gasteiger partial charge on any atom is 0.0812 e. The lowest BCUT2D eigenvalue weighted by Gasteiger charge is -2.02. The second-order valence-corrected chi connectivity index (χ2v) is 3.82. The van der Waals surface area contributed by atoms with Crippen LogP contribution in [0.25, 0.3) is 10.2 Å². The van der Waals surface area contributed by atoms with Crippen LogP contribution in [0.1, 0.15) is 18.1 Å². The highest BCUT2D eigenvalue weighted by Gasteiger charge is 2.03. The van der Waals surface area contributed by atoms with E-state index >= 15 is 0 Å². The largest absolute Gasteiger partial charge is 0.255 e. The van der Waals surface area contributed by atoms with Gasteiger partial charge in [0.15, 0.2) is 0 Å². The molecule has 0 amide bonds. The van der Waals surface area contributed by atoms with Crippen molar-refractivity contribution in [1.82, 2.24) is 4.98 Å². The third-order valence-corrected chi connectivity index (χ3v) is 3.11. The van der Waals surface area contributed by atoms with Gasteiger partial charge in [0.1, 0.15) is 0 Å². The van der Waals surface area contributed by atoms with E-state index in [1.54, 1.807) is 11.3 Å². The van der Waals surface area contributed by atoms with E-state index in [0.29, 0.717) is 0 Å². The van der Waals surface area contributed by atoms with Gasteiger partial charge in [-0.3, -0.25) is 4.98 Å². The summed E-state index contributed by atoms with van der Waals surface area (Å²) >= 11 is 1.79. The second kappa shape index (κ2) is 2.87. The van der Waals surface area contributed by atoms with E-state index in [2.05, 4.69) is 30.3 Å². The zero-order valence-corrected chi connectivity index (χ0v) is 8.11. The van der Waals surface area contributed by atoms with Crippen LogP contribution < -0.4 is 0 Å². The van der Waals surface area contributed by atoms with E-state index in [1.165, 1.54) is 15.8 Å². The minimum atomic E-state index is 1.10. The molecule has 0 spiro atoms. The van der Waals surface area contributed by atoms with Gasteiger partial charge in [0.25, 0.3) is 0 Å². The van der Waals surface area contributed by atoms with Crippen molar-refractivity contribution in [2.24, 2.45) is 0 Å². The summed E-state index contributed by atoms with van der Waals surface area (Å²) in [5, 5.41) is 2.11. The van der Waals surface area contributed by atoms with Crippen LogP contribution in [0.15, 0.2) is 17.6 Å². The summed E-state index contributed by atoms with van der Waals surface area (Å²) < 4.78 is 1.36. The monoisotopic (exact) mass is 177 g/mol. The van der Waals surface area contributed by atoms with Gasteiger partial charge < -0.3 is 0 Å². The molecule has 0 saturated carbocycles. The van der Waals surface area contributed by atoms with Crippen molar-refractivity contribution in [3.63, 3.8) is 0 Å². The lowest BCUT2D eigenvalue weighted by atomic mass is 10.1. The predicted octanol–water partition coefficient (Wildman–Crippen LogP) is 3.17. The summed E-state index contributed by atoms with van der Waals surface area (Å²) in [4.78, 5) is 4.36. The van der Waals surface area contributed by atoms with Crippen molar-refractivity contribution in [3.8, 4) is 0 Å². The van der Waals surface area contributed by atoms with Gasteiger partial charge in [0.05, 0.1) is 10.2 Å². The SMILES string of the molecule is CCc1c(C)cnc2ccsc12. The maximum absolute atomic E-state index is 4.36. The topological polar surface area (TPSA) is 12.9 Å². The molecule has 0 aliphatic carbocycles. The van der Waals surface area contributed by atoms with E-state index < -0.39 is 0 Å². The van der Waals surface area contributed by atoms with Crippen molar-refractivity contribution in [2.45, 2.75) is 20.3 Å². The predicted molar refractivity (Wildman–Crippen MR) is 53.7 cm³/mol. The summed E-state index contributed by atoms with van der Waals surface area (Å²) in [5.41, 5.74) is 3.91. The van der Waals surface area contributed by atoms with Crippen molar-refractivity contribution in [2.75, 3.05) is 0 Å². The van der Waals surface area contributed by atoms with Crippen LogP contribution >= 0.6 is 11.3 Å². The molecule has 0 N–H and O–H groups in total. The van der Waals surface area contributed by atoms with Gasteiger partial charge in [-0.25, -0.2) is 0 Å². The quantitative estimate of drug-likeness (QED) is 0.652. The van der Waals surface area contributed by atoms with Crippen LogP contribution in [0.4, 0.5) is 0 Å². The molecule has 2 heterocycles. The number of fused-ring (bicyclic) bond motifs is 1. The van der Waals surface area contributed by atoms with Crippen molar-refractivity contribution in [3.05, 3.63) is 28.8 Å². The molecule has 2 heteroatoms. The molecule has 2 rings (SSSR count). The first kappa shape index (κ1) is 7.74. The first-order valence-electron chi connectivity index (χ1n) is 4.14. The molecule has 2 aromatic heterocycles. The first-order chi connectivity index (χ1) is 5.83. The molecule has 0 aliphatic heterocycles. The zero-order chi connectivity index (χ0) is 8.55. The first-order valence-corrected chi connectivity index (χ1v) is 5.02.